The van der Waals surface area contributed by atoms with Crippen molar-refractivity contribution in [3.05, 3.63) is 70.8 Å². The van der Waals surface area contributed by atoms with Gasteiger partial charge in [-0.3, -0.25) is 15.1 Å². The zero-order chi connectivity index (χ0) is 19.4. The summed E-state index contributed by atoms with van der Waals surface area (Å²) in [4.78, 5) is 22.4. The molecular weight excluding hydrogens is 365 g/mol. The molecule has 0 fully saturated rings. The van der Waals surface area contributed by atoms with Gasteiger partial charge in [0.1, 0.15) is 6.33 Å². The number of nitrogens with zero attached hydrogens (tertiary/aromatic N) is 4. The lowest BCUT2D eigenvalue weighted by molar-refractivity contribution is -0.383. The molecule has 11 heteroatoms. The van der Waals surface area contributed by atoms with Gasteiger partial charge in [-0.15, -0.1) is 0 Å². The van der Waals surface area contributed by atoms with E-state index in [0.29, 0.717) is 5.69 Å². The van der Waals surface area contributed by atoms with Crippen LogP contribution in [0.15, 0.2) is 55.1 Å². The van der Waals surface area contributed by atoms with Crippen molar-refractivity contribution in [2.24, 2.45) is 0 Å². The van der Waals surface area contributed by atoms with E-state index in [1.165, 1.54) is 12.4 Å². The fraction of sp³-hybridized carbons (Fsp3) is 0.0625. The Labute approximate surface area is 150 Å². The molecule has 0 radical (unpaired) electrons. The third-order valence-electron chi connectivity index (χ3n) is 3.42. The van der Waals surface area contributed by atoms with Gasteiger partial charge in [0.2, 0.25) is 11.6 Å². The minimum atomic E-state index is -4.47. The van der Waals surface area contributed by atoms with Gasteiger partial charge >= 0.3 is 11.9 Å². The van der Waals surface area contributed by atoms with Crippen LogP contribution in [-0.4, -0.2) is 19.9 Å². The number of benzene rings is 1. The van der Waals surface area contributed by atoms with Crippen molar-refractivity contribution in [1.82, 2.24) is 15.0 Å². The van der Waals surface area contributed by atoms with Crippen molar-refractivity contribution in [2.75, 3.05) is 10.6 Å². The maximum absolute atomic E-state index is 12.6. The SMILES string of the molecule is O=[N+]([O-])c1c(Nc2ccncc2)ncnc1Nc1ccc(C(F)(F)F)cc1. The number of hydrogen-bond acceptors (Lipinski definition) is 7. The molecule has 8 nitrogen and oxygen atoms in total. The molecule has 0 aliphatic carbocycles. The highest BCUT2D eigenvalue weighted by atomic mass is 19.4. The van der Waals surface area contributed by atoms with E-state index in [1.807, 2.05) is 0 Å². The molecule has 0 saturated heterocycles. The van der Waals surface area contributed by atoms with Crippen LogP contribution in [0.4, 0.5) is 41.9 Å². The predicted molar refractivity (Wildman–Crippen MR) is 90.9 cm³/mol. The fourth-order valence-electron chi connectivity index (χ4n) is 2.19. The molecule has 0 bridgehead atoms. The van der Waals surface area contributed by atoms with E-state index in [9.17, 15) is 23.3 Å². The molecule has 2 heterocycles. The Hall–Kier alpha value is -3.76. The van der Waals surface area contributed by atoms with Gasteiger partial charge in [0, 0.05) is 23.8 Å². The van der Waals surface area contributed by atoms with Crippen molar-refractivity contribution in [1.29, 1.82) is 0 Å². The molecular formula is C16H11F3N6O2. The van der Waals surface area contributed by atoms with E-state index in [2.05, 4.69) is 25.6 Å². The van der Waals surface area contributed by atoms with E-state index in [0.717, 1.165) is 30.6 Å². The fourth-order valence-corrected chi connectivity index (χ4v) is 2.19. The molecule has 27 heavy (non-hydrogen) atoms. The van der Waals surface area contributed by atoms with Crippen LogP contribution in [0.3, 0.4) is 0 Å². The van der Waals surface area contributed by atoms with Crippen LogP contribution in [0.2, 0.25) is 0 Å². The summed E-state index contributed by atoms with van der Waals surface area (Å²) in [6.45, 7) is 0. The van der Waals surface area contributed by atoms with Crippen molar-refractivity contribution >= 4 is 28.7 Å². The quantitative estimate of drug-likeness (QED) is 0.505. The zero-order valence-corrected chi connectivity index (χ0v) is 13.4. The zero-order valence-electron chi connectivity index (χ0n) is 13.4. The van der Waals surface area contributed by atoms with Crippen LogP contribution in [0.5, 0.6) is 0 Å². The molecule has 2 N–H and O–H groups in total. The summed E-state index contributed by atoms with van der Waals surface area (Å²) >= 11 is 0. The van der Waals surface area contributed by atoms with Crippen LogP contribution in [0, 0.1) is 10.1 Å². The van der Waals surface area contributed by atoms with Crippen molar-refractivity contribution in [3.63, 3.8) is 0 Å². The van der Waals surface area contributed by atoms with E-state index in [-0.39, 0.29) is 17.3 Å². The number of rotatable bonds is 5. The highest BCUT2D eigenvalue weighted by Crippen LogP contribution is 2.34. The maximum atomic E-state index is 12.6. The van der Waals surface area contributed by atoms with E-state index >= 15 is 0 Å². The molecule has 2 aromatic heterocycles. The summed E-state index contributed by atoms with van der Waals surface area (Å²) in [7, 11) is 0. The molecule has 3 rings (SSSR count). The van der Waals surface area contributed by atoms with E-state index in [1.54, 1.807) is 12.1 Å². The van der Waals surface area contributed by atoms with Crippen molar-refractivity contribution in [3.8, 4) is 0 Å². The first kappa shape index (κ1) is 18.0. The Morgan fingerprint density at radius 1 is 0.889 bits per heavy atom. The molecule has 3 aromatic rings. The van der Waals surface area contributed by atoms with Crippen LogP contribution >= 0.6 is 0 Å². The van der Waals surface area contributed by atoms with Crippen LogP contribution in [0.1, 0.15) is 5.56 Å². The van der Waals surface area contributed by atoms with Gasteiger partial charge in [-0.25, -0.2) is 9.97 Å². The Morgan fingerprint density at radius 3 is 1.89 bits per heavy atom. The Morgan fingerprint density at radius 2 is 1.41 bits per heavy atom. The molecule has 138 valence electrons. The second-order valence-corrected chi connectivity index (χ2v) is 5.24. The lowest BCUT2D eigenvalue weighted by atomic mass is 10.2. The van der Waals surface area contributed by atoms with Crippen molar-refractivity contribution in [2.45, 2.75) is 6.18 Å². The minimum absolute atomic E-state index is 0.0735. The summed E-state index contributed by atoms with van der Waals surface area (Å²) in [5.41, 5.74) is -0.550. The van der Waals surface area contributed by atoms with Gasteiger partial charge in [-0.1, -0.05) is 0 Å². The second-order valence-electron chi connectivity index (χ2n) is 5.24. The number of pyridine rings is 1. The Bertz CT molecular complexity index is 949. The summed E-state index contributed by atoms with van der Waals surface area (Å²) < 4.78 is 37.9. The van der Waals surface area contributed by atoms with Crippen LogP contribution in [-0.2, 0) is 6.18 Å². The summed E-state index contributed by atoms with van der Waals surface area (Å²) in [5, 5.41) is 16.9. The number of nitro groups is 1. The molecule has 0 aliphatic heterocycles. The van der Waals surface area contributed by atoms with Crippen molar-refractivity contribution < 1.29 is 18.1 Å². The average Bonchev–Trinajstić information content (AvgIpc) is 2.62. The molecule has 1 aromatic carbocycles. The topological polar surface area (TPSA) is 106 Å². The summed E-state index contributed by atoms with van der Waals surface area (Å²) in [6, 6.07) is 7.23. The van der Waals surface area contributed by atoms with Gasteiger partial charge < -0.3 is 10.6 Å². The molecule has 0 unspecified atom stereocenters. The lowest BCUT2D eigenvalue weighted by Gasteiger charge is -2.11. The standard InChI is InChI=1S/C16H11F3N6O2/c17-16(18,19)10-1-3-11(4-2-10)23-14-13(25(26)27)15(22-9-21-14)24-12-5-7-20-8-6-12/h1-9H,(H2,20,21,22,23,24). The normalized spacial score (nSPS) is 11.1. The smallest absolute Gasteiger partial charge is 0.334 e. The summed E-state index contributed by atoms with van der Waals surface area (Å²) in [6.07, 6.45) is -0.378. The largest absolute Gasteiger partial charge is 0.416 e. The number of aromatic nitrogens is 3. The maximum Gasteiger partial charge on any atom is 0.416 e. The third-order valence-corrected chi connectivity index (χ3v) is 3.42. The average molecular weight is 376 g/mol. The van der Waals surface area contributed by atoms with E-state index < -0.39 is 22.4 Å². The first-order valence-electron chi connectivity index (χ1n) is 7.45. The number of alkyl halides is 3. The third kappa shape index (κ3) is 4.26. The number of nitrogens with one attached hydrogen (secondary N) is 2. The van der Waals surface area contributed by atoms with Gasteiger partial charge in [-0.2, -0.15) is 13.2 Å². The van der Waals surface area contributed by atoms with Gasteiger partial charge in [0.05, 0.1) is 10.5 Å². The first-order valence-corrected chi connectivity index (χ1v) is 7.45. The van der Waals surface area contributed by atoms with Crippen LogP contribution < -0.4 is 10.6 Å². The monoisotopic (exact) mass is 376 g/mol. The predicted octanol–water partition coefficient (Wildman–Crippen LogP) is 4.29. The number of anilines is 4. The Kier molecular flexibility index (Phi) is 4.83. The Balaban J connectivity index is 1.91. The molecule has 0 spiro atoms. The van der Waals surface area contributed by atoms with E-state index in [4.69, 9.17) is 0 Å². The number of hydrogen-bond donors (Lipinski definition) is 2. The van der Waals surface area contributed by atoms with Gasteiger partial charge in [0.15, 0.2) is 0 Å². The van der Waals surface area contributed by atoms with Crippen LogP contribution in [0.25, 0.3) is 0 Å². The molecule has 0 amide bonds. The highest BCUT2D eigenvalue weighted by Gasteiger charge is 2.30. The second kappa shape index (κ2) is 7.23. The highest BCUT2D eigenvalue weighted by molar-refractivity contribution is 5.76. The molecule has 0 aliphatic rings. The van der Waals surface area contributed by atoms with Gasteiger partial charge in [0.25, 0.3) is 0 Å². The lowest BCUT2D eigenvalue weighted by Crippen LogP contribution is -2.06. The summed E-state index contributed by atoms with van der Waals surface area (Å²) in [5.74, 6) is -0.234. The van der Waals surface area contributed by atoms with Gasteiger partial charge in [-0.05, 0) is 36.4 Å². The molecule has 0 saturated carbocycles. The first-order chi connectivity index (χ1) is 12.8. The number of halogens is 3. The minimum Gasteiger partial charge on any atom is -0.334 e. The molecule has 0 atom stereocenters.